The summed E-state index contributed by atoms with van der Waals surface area (Å²) in [5, 5.41) is 8.78. The fraction of sp³-hybridized carbons (Fsp3) is 0.750. The molecular weight excluding hydrogens is 176 g/mol. The van der Waals surface area contributed by atoms with Crippen LogP contribution in [0.3, 0.4) is 0 Å². The maximum Gasteiger partial charge on any atom is 0.315 e. The highest BCUT2D eigenvalue weighted by Gasteiger charge is 2.34. The lowest BCUT2D eigenvalue weighted by atomic mass is 9.98. The molecule has 3 nitrogen and oxygen atoms in total. The first-order valence-corrected chi connectivity index (χ1v) is 5.02. The number of ketones is 1. The van der Waals surface area contributed by atoms with E-state index in [4.69, 9.17) is 5.11 Å². The third-order valence-corrected chi connectivity index (χ3v) is 3.50. The van der Waals surface area contributed by atoms with Crippen molar-refractivity contribution in [2.45, 2.75) is 25.0 Å². The molecule has 1 rings (SSSR count). The fourth-order valence-electron chi connectivity index (χ4n) is 1.46. The van der Waals surface area contributed by atoms with Crippen molar-refractivity contribution < 1.29 is 14.7 Å². The minimum atomic E-state index is -0.970. The van der Waals surface area contributed by atoms with Gasteiger partial charge in [-0.25, -0.2) is 0 Å². The normalized spacial score (nSPS) is 25.2. The van der Waals surface area contributed by atoms with Gasteiger partial charge in [0.25, 0.3) is 0 Å². The third-order valence-electron chi connectivity index (χ3n) is 2.04. The number of carboxylic acids is 1. The number of carbonyl (C=O) groups excluding carboxylic acids is 1. The molecule has 12 heavy (non-hydrogen) atoms. The molecule has 4 heteroatoms. The van der Waals surface area contributed by atoms with Crippen LogP contribution in [0.25, 0.3) is 0 Å². The zero-order valence-corrected chi connectivity index (χ0v) is 7.76. The summed E-state index contributed by atoms with van der Waals surface area (Å²) >= 11 is 1.61. The number of Topliss-reactive ketones (excluding diaryl/α,β-unsaturated/α-hetero) is 1. The van der Waals surface area contributed by atoms with Crippen LogP contribution in [0.5, 0.6) is 0 Å². The number of thioether (sulfide) groups is 1. The molecule has 1 fully saturated rings. The zero-order valence-electron chi connectivity index (χ0n) is 6.95. The van der Waals surface area contributed by atoms with Gasteiger partial charge in [0.2, 0.25) is 0 Å². The van der Waals surface area contributed by atoms with Crippen LogP contribution in [0.4, 0.5) is 0 Å². The van der Waals surface area contributed by atoms with Gasteiger partial charge in [-0.2, -0.15) is 11.8 Å². The second kappa shape index (κ2) is 3.94. The van der Waals surface area contributed by atoms with Crippen LogP contribution in [0, 0.1) is 5.92 Å². The van der Waals surface area contributed by atoms with E-state index in [-0.39, 0.29) is 11.0 Å². The molecule has 1 aliphatic heterocycles. The van der Waals surface area contributed by atoms with Crippen molar-refractivity contribution in [3.05, 3.63) is 0 Å². The van der Waals surface area contributed by atoms with Gasteiger partial charge in [-0.05, 0) is 25.5 Å². The molecular formula is C8H12O3S. The van der Waals surface area contributed by atoms with Gasteiger partial charge in [-0.1, -0.05) is 0 Å². The lowest BCUT2D eigenvalue weighted by Crippen LogP contribution is -2.30. The summed E-state index contributed by atoms with van der Waals surface area (Å²) in [7, 11) is 0. The predicted molar refractivity (Wildman–Crippen MR) is 47.3 cm³/mol. The predicted octanol–water partition coefficient (Wildman–Crippen LogP) is 1.17. The lowest BCUT2D eigenvalue weighted by molar-refractivity contribution is -0.145. The molecule has 0 aliphatic carbocycles. The Labute approximate surface area is 75.5 Å². The van der Waals surface area contributed by atoms with Gasteiger partial charge >= 0.3 is 5.97 Å². The highest BCUT2D eigenvalue weighted by Crippen LogP contribution is 2.32. The van der Waals surface area contributed by atoms with E-state index < -0.39 is 11.9 Å². The Morgan fingerprint density at radius 1 is 1.58 bits per heavy atom. The van der Waals surface area contributed by atoms with Crippen molar-refractivity contribution in [1.29, 1.82) is 0 Å². The van der Waals surface area contributed by atoms with Gasteiger partial charge in [-0.3, -0.25) is 9.59 Å². The summed E-state index contributed by atoms with van der Waals surface area (Å²) in [6.07, 6.45) is 1.90. The van der Waals surface area contributed by atoms with Crippen molar-refractivity contribution in [3.63, 3.8) is 0 Å². The van der Waals surface area contributed by atoms with Gasteiger partial charge in [0.1, 0.15) is 11.7 Å². The number of carbonyl (C=O) groups is 2. The Balaban J connectivity index is 2.64. The van der Waals surface area contributed by atoms with Crippen molar-refractivity contribution in [2.24, 2.45) is 5.92 Å². The maximum absolute atomic E-state index is 11.0. The van der Waals surface area contributed by atoms with Crippen LogP contribution in [0.2, 0.25) is 0 Å². The quantitative estimate of drug-likeness (QED) is 0.675. The number of hydrogen-bond donors (Lipinski definition) is 1. The summed E-state index contributed by atoms with van der Waals surface area (Å²) in [5.74, 6) is -0.983. The lowest BCUT2D eigenvalue weighted by Gasteiger charge is -2.14. The topological polar surface area (TPSA) is 54.4 Å². The fourth-order valence-corrected chi connectivity index (χ4v) is 2.93. The Morgan fingerprint density at radius 2 is 2.25 bits per heavy atom. The number of hydrogen-bond acceptors (Lipinski definition) is 3. The van der Waals surface area contributed by atoms with Gasteiger partial charge in [0.05, 0.1) is 0 Å². The monoisotopic (exact) mass is 188 g/mol. The molecule has 0 aromatic rings. The van der Waals surface area contributed by atoms with E-state index in [1.165, 1.54) is 6.92 Å². The highest BCUT2D eigenvalue weighted by atomic mass is 32.2. The molecule has 2 atom stereocenters. The van der Waals surface area contributed by atoms with E-state index >= 15 is 0 Å². The van der Waals surface area contributed by atoms with E-state index in [1.807, 2.05) is 0 Å². The average Bonchev–Trinajstić information content (AvgIpc) is 2.37. The number of aliphatic carboxylic acids is 1. The molecule has 1 heterocycles. The van der Waals surface area contributed by atoms with Crippen LogP contribution in [-0.2, 0) is 9.59 Å². The Kier molecular flexibility index (Phi) is 3.14. The standard InChI is InChI=1S/C8H12O3S/c1-5(9)7(8(10)11)6-3-2-4-12-6/h6-7H,2-4H2,1H3,(H,10,11). The van der Waals surface area contributed by atoms with E-state index in [9.17, 15) is 9.59 Å². The highest BCUT2D eigenvalue weighted by molar-refractivity contribution is 8.00. The number of rotatable bonds is 3. The first kappa shape index (κ1) is 9.58. The van der Waals surface area contributed by atoms with Crippen LogP contribution >= 0.6 is 11.8 Å². The Bertz CT molecular complexity index is 182. The van der Waals surface area contributed by atoms with Crippen molar-refractivity contribution in [1.82, 2.24) is 0 Å². The molecule has 0 saturated carbocycles. The minimum Gasteiger partial charge on any atom is -0.481 e. The van der Waals surface area contributed by atoms with E-state index in [2.05, 4.69) is 0 Å². The largest absolute Gasteiger partial charge is 0.481 e. The SMILES string of the molecule is CC(=O)C(C(=O)O)C1CCCS1. The summed E-state index contributed by atoms with van der Waals surface area (Å²) in [6, 6.07) is 0. The van der Waals surface area contributed by atoms with E-state index in [1.54, 1.807) is 11.8 Å². The van der Waals surface area contributed by atoms with Crippen molar-refractivity contribution >= 4 is 23.5 Å². The molecule has 0 spiro atoms. The van der Waals surface area contributed by atoms with Gasteiger partial charge in [0.15, 0.2) is 0 Å². The molecule has 68 valence electrons. The van der Waals surface area contributed by atoms with Crippen LogP contribution in [0.15, 0.2) is 0 Å². The molecule has 0 aromatic carbocycles. The second-order valence-electron chi connectivity index (χ2n) is 2.98. The maximum atomic E-state index is 11.0. The van der Waals surface area contributed by atoms with Crippen molar-refractivity contribution in [3.8, 4) is 0 Å². The molecule has 1 N–H and O–H groups in total. The Morgan fingerprint density at radius 3 is 2.58 bits per heavy atom. The van der Waals surface area contributed by atoms with Gasteiger partial charge in [0, 0.05) is 5.25 Å². The summed E-state index contributed by atoms with van der Waals surface area (Å²) < 4.78 is 0. The molecule has 0 radical (unpaired) electrons. The second-order valence-corrected chi connectivity index (χ2v) is 4.33. The van der Waals surface area contributed by atoms with Gasteiger partial charge < -0.3 is 5.11 Å². The molecule has 1 saturated heterocycles. The molecule has 0 aromatic heterocycles. The molecule has 0 amide bonds. The summed E-state index contributed by atoms with van der Waals surface area (Å²) in [4.78, 5) is 21.7. The van der Waals surface area contributed by atoms with Crippen LogP contribution in [-0.4, -0.2) is 27.9 Å². The van der Waals surface area contributed by atoms with Crippen LogP contribution < -0.4 is 0 Å². The van der Waals surface area contributed by atoms with Gasteiger partial charge in [-0.15, -0.1) is 0 Å². The minimum absolute atomic E-state index is 0.0139. The number of carboxylic acid groups (broad SMARTS) is 1. The Hall–Kier alpha value is -0.510. The first-order chi connectivity index (χ1) is 5.63. The van der Waals surface area contributed by atoms with E-state index in [0.717, 1.165) is 18.6 Å². The molecule has 1 aliphatic rings. The molecule has 2 unspecified atom stereocenters. The smallest absolute Gasteiger partial charge is 0.315 e. The average molecular weight is 188 g/mol. The summed E-state index contributed by atoms with van der Waals surface area (Å²) in [6.45, 7) is 1.36. The van der Waals surface area contributed by atoms with Crippen LogP contribution in [0.1, 0.15) is 19.8 Å². The third kappa shape index (κ3) is 2.00. The zero-order chi connectivity index (χ0) is 9.14. The van der Waals surface area contributed by atoms with E-state index in [0.29, 0.717) is 0 Å². The summed E-state index contributed by atoms with van der Waals surface area (Å²) in [5.41, 5.74) is 0. The molecule has 0 bridgehead atoms. The first-order valence-electron chi connectivity index (χ1n) is 3.98. The van der Waals surface area contributed by atoms with Crippen molar-refractivity contribution in [2.75, 3.05) is 5.75 Å².